The van der Waals surface area contributed by atoms with Gasteiger partial charge in [0.05, 0.1) is 23.6 Å². The van der Waals surface area contributed by atoms with Gasteiger partial charge in [0.15, 0.2) is 0 Å². The van der Waals surface area contributed by atoms with E-state index in [1.54, 1.807) is 25.1 Å². The third kappa shape index (κ3) is 4.59. The molecule has 0 fully saturated rings. The molecule has 0 aromatic heterocycles. The molecule has 0 radical (unpaired) electrons. The summed E-state index contributed by atoms with van der Waals surface area (Å²) in [6.45, 7) is 6.02. The standard InChI is InChI=1S/C19H20ClNO3/c1-4-24-19(23)16-8-7-15(11-17(16)20)21-18(22)10-14-6-5-12(2)9-13(14)3/h5-9,11H,4,10H2,1-3H3,(H,21,22). The first kappa shape index (κ1) is 18.0. The molecule has 0 bridgehead atoms. The highest BCUT2D eigenvalue weighted by Gasteiger charge is 2.13. The minimum atomic E-state index is -0.476. The van der Waals surface area contributed by atoms with Gasteiger partial charge in [-0.25, -0.2) is 4.79 Å². The summed E-state index contributed by atoms with van der Waals surface area (Å²) in [6.07, 6.45) is 0.281. The van der Waals surface area contributed by atoms with Crippen molar-refractivity contribution in [2.24, 2.45) is 0 Å². The molecular weight excluding hydrogens is 326 g/mol. The molecule has 0 aliphatic carbocycles. The van der Waals surface area contributed by atoms with Crippen LogP contribution in [0.3, 0.4) is 0 Å². The fourth-order valence-corrected chi connectivity index (χ4v) is 2.65. The topological polar surface area (TPSA) is 55.4 Å². The van der Waals surface area contributed by atoms with Gasteiger partial charge in [0.2, 0.25) is 5.91 Å². The summed E-state index contributed by atoms with van der Waals surface area (Å²) in [4.78, 5) is 23.9. The van der Waals surface area contributed by atoms with Crippen molar-refractivity contribution in [3.63, 3.8) is 0 Å². The molecule has 1 amide bonds. The highest BCUT2D eigenvalue weighted by Crippen LogP contribution is 2.22. The first-order valence-electron chi connectivity index (χ1n) is 7.73. The molecule has 0 heterocycles. The van der Waals surface area contributed by atoms with E-state index < -0.39 is 5.97 Å². The Hall–Kier alpha value is -2.33. The van der Waals surface area contributed by atoms with Crippen molar-refractivity contribution in [1.29, 1.82) is 0 Å². The van der Waals surface area contributed by atoms with Gasteiger partial charge in [-0.1, -0.05) is 35.4 Å². The molecule has 0 unspecified atom stereocenters. The summed E-state index contributed by atoms with van der Waals surface area (Å²) in [5, 5.41) is 3.04. The largest absolute Gasteiger partial charge is 0.462 e. The van der Waals surface area contributed by atoms with Crippen molar-refractivity contribution in [1.82, 2.24) is 0 Å². The number of nitrogens with one attached hydrogen (secondary N) is 1. The molecule has 1 N–H and O–H groups in total. The monoisotopic (exact) mass is 345 g/mol. The summed E-state index contributed by atoms with van der Waals surface area (Å²) >= 11 is 6.09. The van der Waals surface area contributed by atoms with Gasteiger partial charge in [-0.2, -0.15) is 0 Å². The minimum absolute atomic E-state index is 0.137. The number of amides is 1. The molecule has 2 rings (SSSR count). The Labute approximate surface area is 146 Å². The van der Waals surface area contributed by atoms with Crippen LogP contribution >= 0.6 is 11.6 Å². The van der Waals surface area contributed by atoms with Crippen LogP contribution in [0.4, 0.5) is 5.69 Å². The van der Waals surface area contributed by atoms with Crippen LogP contribution in [0.5, 0.6) is 0 Å². The third-order valence-corrected chi connectivity index (χ3v) is 3.91. The lowest BCUT2D eigenvalue weighted by atomic mass is 10.0. The molecule has 0 saturated heterocycles. The summed E-state index contributed by atoms with van der Waals surface area (Å²) in [5.74, 6) is -0.613. The number of benzene rings is 2. The molecular formula is C19H20ClNO3. The number of hydrogen-bond donors (Lipinski definition) is 1. The lowest BCUT2D eigenvalue weighted by Crippen LogP contribution is -2.15. The van der Waals surface area contributed by atoms with E-state index in [1.165, 1.54) is 0 Å². The van der Waals surface area contributed by atoms with Crippen molar-refractivity contribution >= 4 is 29.2 Å². The van der Waals surface area contributed by atoms with Gasteiger partial charge >= 0.3 is 5.97 Å². The quantitative estimate of drug-likeness (QED) is 0.821. The maximum Gasteiger partial charge on any atom is 0.339 e. The minimum Gasteiger partial charge on any atom is -0.462 e. The van der Waals surface area contributed by atoms with Crippen molar-refractivity contribution in [2.75, 3.05) is 11.9 Å². The van der Waals surface area contributed by atoms with E-state index in [0.717, 1.165) is 16.7 Å². The zero-order chi connectivity index (χ0) is 17.7. The van der Waals surface area contributed by atoms with E-state index in [-0.39, 0.29) is 29.5 Å². The Morgan fingerprint density at radius 1 is 1.12 bits per heavy atom. The number of rotatable bonds is 5. The number of ether oxygens (including phenoxy) is 1. The van der Waals surface area contributed by atoms with E-state index in [2.05, 4.69) is 5.32 Å². The molecule has 0 spiro atoms. The molecule has 0 saturated carbocycles. The zero-order valence-electron chi connectivity index (χ0n) is 14.0. The van der Waals surface area contributed by atoms with Crippen LogP contribution in [0.2, 0.25) is 5.02 Å². The Kier molecular flexibility index (Phi) is 5.99. The Bertz CT molecular complexity index is 771. The molecule has 5 heteroatoms. The summed E-state index contributed by atoms with van der Waals surface area (Å²) in [7, 11) is 0. The predicted octanol–water partition coefficient (Wildman–Crippen LogP) is 4.31. The van der Waals surface area contributed by atoms with E-state index in [4.69, 9.17) is 16.3 Å². The molecule has 0 aliphatic heterocycles. The van der Waals surface area contributed by atoms with E-state index >= 15 is 0 Å². The second kappa shape index (κ2) is 7.97. The zero-order valence-corrected chi connectivity index (χ0v) is 14.7. The van der Waals surface area contributed by atoms with Gasteiger partial charge in [0.25, 0.3) is 0 Å². The van der Waals surface area contributed by atoms with Gasteiger partial charge in [0, 0.05) is 5.69 Å². The maximum absolute atomic E-state index is 12.2. The molecule has 4 nitrogen and oxygen atoms in total. The van der Waals surface area contributed by atoms with Crippen molar-refractivity contribution in [3.05, 3.63) is 63.7 Å². The molecule has 2 aromatic carbocycles. The highest BCUT2D eigenvalue weighted by molar-refractivity contribution is 6.34. The smallest absolute Gasteiger partial charge is 0.339 e. The fourth-order valence-electron chi connectivity index (χ4n) is 2.39. The SMILES string of the molecule is CCOC(=O)c1ccc(NC(=O)Cc2ccc(C)cc2C)cc1Cl. The molecule has 24 heavy (non-hydrogen) atoms. The summed E-state index contributed by atoms with van der Waals surface area (Å²) in [5.41, 5.74) is 4.06. The molecule has 0 aliphatic rings. The lowest BCUT2D eigenvalue weighted by molar-refractivity contribution is -0.115. The molecule has 126 valence electrons. The van der Waals surface area contributed by atoms with Gasteiger partial charge in [0.1, 0.15) is 0 Å². The van der Waals surface area contributed by atoms with Crippen LogP contribution in [0, 0.1) is 13.8 Å². The Morgan fingerprint density at radius 2 is 1.88 bits per heavy atom. The average Bonchev–Trinajstić information content (AvgIpc) is 2.50. The summed E-state index contributed by atoms with van der Waals surface area (Å²) < 4.78 is 4.92. The molecule has 0 atom stereocenters. The number of carbonyl (C=O) groups excluding carboxylic acids is 2. The van der Waals surface area contributed by atoms with E-state index in [9.17, 15) is 9.59 Å². The van der Waals surface area contributed by atoms with Crippen LogP contribution < -0.4 is 5.32 Å². The number of hydrogen-bond acceptors (Lipinski definition) is 3. The average molecular weight is 346 g/mol. The van der Waals surface area contributed by atoms with Crippen molar-refractivity contribution in [2.45, 2.75) is 27.2 Å². The van der Waals surface area contributed by atoms with Crippen LogP contribution in [0.1, 0.15) is 34.0 Å². The van der Waals surface area contributed by atoms with Crippen LogP contribution in [-0.4, -0.2) is 18.5 Å². The van der Waals surface area contributed by atoms with E-state index in [0.29, 0.717) is 5.69 Å². The second-order valence-electron chi connectivity index (χ2n) is 5.57. The maximum atomic E-state index is 12.2. The fraction of sp³-hybridized carbons (Fsp3) is 0.263. The van der Waals surface area contributed by atoms with Gasteiger partial charge in [-0.05, 0) is 50.1 Å². The Balaban J connectivity index is 2.06. The highest BCUT2D eigenvalue weighted by atomic mass is 35.5. The predicted molar refractivity (Wildman–Crippen MR) is 95.7 cm³/mol. The number of esters is 1. The number of halogens is 1. The lowest BCUT2D eigenvalue weighted by Gasteiger charge is -2.10. The number of aryl methyl sites for hydroxylation is 2. The third-order valence-electron chi connectivity index (χ3n) is 3.60. The number of carbonyl (C=O) groups is 2. The van der Waals surface area contributed by atoms with Crippen LogP contribution in [0.15, 0.2) is 36.4 Å². The van der Waals surface area contributed by atoms with Crippen LogP contribution in [0.25, 0.3) is 0 Å². The normalized spacial score (nSPS) is 10.3. The van der Waals surface area contributed by atoms with Gasteiger partial charge in [-0.15, -0.1) is 0 Å². The second-order valence-corrected chi connectivity index (χ2v) is 5.98. The van der Waals surface area contributed by atoms with Gasteiger partial charge in [-0.3, -0.25) is 4.79 Å². The molecule has 2 aromatic rings. The van der Waals surface area contributed by atoms with E-state index in [1.807, 2.05) is 32.0 Å². The van der Waals surface area contributed by atoms with Gasteiger partial charge < -0.3 is 10.1 Å². The van der Waals surface area contributed by atoms with Crippen molar-refractivity contribution < 1.29 is 14.3 Å². The summed E-state index contributed by atoms with van der Waals surface area (Å²) in [6, 6.07) is 10.7. The first-order valence-corrected chi connectivity index (χ1v) is 8.11. The van der Waals surface area contributed by atoms with Crippen molar-refractivity contribution in [3.8, 4) is 0 Å². The van der Waals surface area contributed by atoms with Crippen LogP contribution in [-0.2, 0) is 16.0 Å². The Morgan fingerprint density at radius 3 is 2.50 bits per heavy atom. The number of anilines is 1. The first-order chi connectivity index (χ1) is 11.4.